The Morgan fingerprint density at radius 3 is 2.53 bits per heavy atom. The number of hydrogen-bond donors (Lipinski definition) is 1. The van der Waals surface area contributed by atoms with Crippen LogP contribution in [-0.2, 0) is 28.5 Å². The highest BCUT2D eigenvalue weighted by atomic mass is 32.1. The predicted molar refractivity (Wildman–Crippen MR) is 115 cm³/mol. The van der Waals surface area contributed by atoms with Gasteiger partial charge in [0.2, 0.25) is 0 Å². The zero-order chi connectivity index (χ0) is 23.1. The molecule has 0 bridgehead atoms. The Balaban J connectivity index is 1.50. The molecule has 0 saturated carbocycles. The molecule has 0 saturated heterocycles. The van der Waals surface area contributed by atoms with E-state index in [9.17, 15) is 18.0 Å². The summed E-state index contributed by atoms with van der Waals surface area (Å²) < 4.78 is 50.3. The number of carbonyl (C=O) groups is 1. The maximum Gasteiger partial charge on any atom is 0.417 e. The van der Waals surface area contributed by atoms with E-state index in [4.69, 9.17) is 14.6 Å². The fourth-order valence-electron chi connectivity index (χ4n) is 3.12. The van der Waals surface area contributed by atoms with E-state index in [0.29, 0.717) is 30.9 Å². The second-order valence-electron chi connectivity index (χ2n) is 7.03. The van der Waals surface area contributed by atoms with Crippen molar-refractivity contribution in [2.45, 2.75) is 31.5 Å². The molecule has 3 aromatic rings. The van der Waals surface area contributed by atoms with Gasteiger partial charge in [-0.3, -0.25) is 0 Å². The Bertz CT molecular complexity index is 1030. The molecule has 0 spiro atoms. The molecule has 0 aliphatic carbocycles. The van der Waals surface area contributed by atoms with Crippen LogP contribution < -0.4 is 4.74 Å². The van der Waals surface area contributed by atoms with E-state index in [2.05, 4.69) is 4.98 Å². The van der Waals surface area contributed by atoms with Crippen LogP contribution in [-0.4, -0.2) is 35.9 Å². The van der Waals surface area contributed by atoms with Crippen molar-refractivity contribution in [1.29, 1.82) is 0 Å². The molecule has 1 unspecified atom stereocenters. The molecule has 1 heterocycles. The van der Waals surface area contributed by atoms with Gasteiger partial charge in [-0.1, -0.05) is 30.3 Å². The Labute approximate surface area is 187 Å². The quantitative estimate of drug-likeness (QED) is 0.402. The summed E-state index contributed by atoms with van der Waals surface area (Å²) in [4.78, 5) is 15.4. The molecule has 1 N–H and O–H groups in total. The topological polar surface area (TPSA) is 68.7 Å². The zero-order valence-electron chi connectivity index (χ0n) is 17.3. The molecule has 5 nitrogen and oxygen atoms in total. The first kappa shape index (κ1) is 23.7. The molecule has 2 aromatic carbocycles. The summed E-state index contributed by atoms with van der Waals surface area (Å²) in [7, 11) is 1.36. The minimum Gasteiger partial charge on any atom is -0.494 e. The van der Waals surface area contributed by atoms with E-state index >= 15 is 0 Å². The van der Waals surface area contributed by atoms with Crippen LogP contribution in [0.2, 0.25) is 0 Å². The lowest BCUT2D eigenvalue weighted by molar-refractivity contribution is -0.148. The molecular formula is C23H22F3NO4S. The fraction of sp³-hybridized carbons (Fsp3) is 0.304. The third-order valence-electron chi connectivity index (χ3n) is 4.77. The van der Waals surface area contributed by atoms with Gasteiger partial charge >= 0.3 is 12.1 Å². The summed E-state index contributed by atoms with van der Waals surface area (Å²) in [6.07, 6.45) is -3.82. The number of rotatable bonds is 10. The number of hydrogen-bond acceptors (Lipinski definition) is 5. The number of aliphatic carboxylic acids is 1. The molecule has 0 amide bonds. The van der Waals surface area contributed by atoms with Crippen LogP contribution in [0.15, 0.2) is 53.9 Å². The van der Waals surface area contributed by atoms with E-state index in [-0.39, 0.29) is 12.0 Å². The molecule has 0 fully saturated rings. The van der Waals surface area contributed by atoms with Crippen molar-refractivity contribution in [1.82, 2.24) is 4.98 Å². The summed E-state index contributed by atoms with van der Waals surface area (Å²) in [6, 6.07) is 12.5. The maximum absolute atomic E-state index is 13.2. The second-order valence-corrected chi connectivity index (χ2v) is 7.98. The minimum atomic E-state index is -4.43. The van der Waals surface area contributed by atoms with Crippen LogP contribution in [0.3, 0.4) is 0 Å². The number of aryl methyl sites for hydroxylation is 1. The van der Waals surface area contributed by atoms with Gasteiger partial charge in [0.25, 0.3) is 0 Å². The first-order chi connectivity index (χ1) is 15.3. The summed E-state index contributed by atoms with van der Waals surface area (Å²) in [5, 5.41) is 11.4. The molecule has 9 heteroatoms. The van der Waals surface area contributed by atoms with Gasteiger partial charge in [-0.2, -0.15) is 13.2 Å². The van der Waals surface area contributed by atoms with Gasteiger partial charge in [-0.05, 0) is 30.2 Å². The molecule has 0 radical (unpaired) electrons. The number of carboxylic acid groups (broad SMARTS) is 1. The van der Waals surface area contributed by atoms with Gasteiger partial charge in [-0.25, -0.2) is 9.78 Å². The lowest BCUT2D eigenvalue weighted by Gasteiger charge is -2.11. The summed E-state index contributed by atoms with van der Waals surface area (Å²) in [5.74, 6) is -0.364. The second kappa shape index (κ2) is 10.6. The summed E-state index contributed by atoms with van der Waals surface area (Å²) in [5.41, 5.74) is 0.535. The van der Waals surface area contributed by atoms with Gasteiger partial charge in [0.05, 0.1) is 22.9 Å². The highest BCUT2D eigenvalue weighted by Gasteiger charge is 2.33. The lowest BCUT2D eigenvalue weighted by Crippen LogP contribution is -2.24. The monoisotopic (exact) mass is 465 g/mol. The maximum atomic E-state index is 13.2. The molecular weight excluding hydrogens is 443 g/mol. The average Bonchev–Trinajstić information content (AvgIpc) is 3.24. The highest BCUT2D eigenvalue weighted by Crippen LogP contribution is 2.37. The van der Waals surface area contributed by atoms with Crippen molar-refractivity contribution in [2.75, 3.05) is 13.7 Å². The molecule has 0 aliphatic heterocycles. The Hall–Kier alpha value is -2.91. The average molecular weight is 465 g/mol. The number of halogens is 3. The molecule has 1 aromatic heterocycles. The van der Waals surface area contributed by atoms with Gasteiger partial charge in [0, 0.05) is 30.9 Å². The SMILES string of the molecule is COC(Cc1ccc(OCCCc2nc(-c3ccccc3C(F)(F)F)cs2)cc1)C(=O)O. The first-order valence-corrected chi connectivity index (χ1v) is 10.7. The van der Waals surface area contributed by atoms with Crippen molar-refractivity contribution in [3.8, 4) is 17.0 Å². The van der Waals surface area contributed by atoms with Crippen LogP contribution in [0, 0.1) is 0 Å². The van der Waals surface area contributed by atoms with Gasteiger partial charge in [0.15, 0.2) is 6.10 Å². The number of carboxylic acids is 1. The molecule has 3 rings (SSSR count). The van der Waals surface area contributed by atoms with E-state index in [1.54, 1.807) is 35.7 Å². The molecule has 32 heavy (non-hydrogen) atoms. The Morgan fingerprint density at radius 1 is 1.16 bits per heavy atom. The standard InChI is InChI=1S/C23H22F3NO4S/c1-30-20(22(28)29)13-15-8-10-16(11-9-15)31-12-4-7-21-27-19(14-32-21)17-5-2-3-6-18(17)23(24,25)26/h2-3,5-6,8-11,14,20H,4,7,12-13H2,1H3,(H,28,29). The smallest absolute Gasteiger partial charge is 0.417 e. The van der Waals surface area contributed by atoms with Gasteiger partial charge in [-0.15, -0.1) is 11.3 Å². The number of benzene rings is 2. The first-order valence-electron chi connectivity index (χ1n) is 9.86. The van der Waals surface area contributed by atoms with E-state index in [1.165, 1.54) is 30.6 Å². The summed E-state index contributed by atoms with van der Waals surface area (Å²) in [6.45, 7) is 0.420. The van der Waals surface area contributed by atoms with E-state index < -0.39 is 23.8 Å². The Kier molecular flexibility index (Phi) is 7.87. The van der Waals surface area contributed by atoms with Crippen molar-refractivity contribution >= 4 is 17.3 Å². The van der Waals surface area contributed by atoms with Crippen molar-refractivity contribution in [2.24, 2.45) is 0 Å². The molecule has 0 aliphatic rings. The molecule has 170 valence electrons. The van der Waals surface area contributed by atoms with Crippen molar-refractivity contribution < 1.29 is 32.5 Å². The number of nitrogens with zero attached hydrogens (tertiary/aromatic N) is 1. The largest absolute Gasteiger partial charge is 0.494 e. The predicted octanol–water partition coefficient (Wildman–Crippen LogP) is 5.48. The molecule has 1 atom stereocenters. The third kappa shape index (κ3) is 6.30. The fourth-order valence-corrected chi connectivity index (χ4v) is 3.96. The Morgan fingerprint density at radius 2 is 1.88 bits per heavy atom. The normalized spacial score (nSPS) is 12.5. The summed E-state index contributed by atoms with van der Waals surface area (Å²) >= 11 is 1.33. The minimum absolute atomic E-state index is 0.0810. The number of alkyl halides is 3. The van der Waals surface area contributed by atoms with Crippen LogP contribution in [0.4, 0.5) is 13.2 Å². The zero-order valence-corrected chi connectivity index (χ0v) is 18.1. The van der Waals surface area contributed by atoms with E-state index in [1.807, 2.05) is 0 Å². The number of methoxy groups -OCH3 is 1. The van der Waals surface area contributed by atoms with Gasteiger partial charge in [0.1, 0.15) is 5.75 Å². The van der Waals surface area contributed by atoms with Crippen molar-refractivity contribution in [3.63, 3.8) is 0 Å². The number of aromatic nitrogens is 1. The number of thiazole rings is 1. The van der Waals surface area contributed by atoms with Crippen LogP contribution in [0.1, 0.15) is 22.6 Å². The van der Waals surface area contributed by atoms with Crippen LogP contribution >= 0.6 is 11.3 Å². The van der Waals surface area contributed by atoms with Crippen molar-refractivity contribution in [3.05, 3.63) is 70.0 Å². The van der Waals surface area contributed by atoms with Crippen LogP contribution in [0.5, 0.6) is 5.75 Å². The highest BCUT2D eigenvalue weighted by molar-refractivity contribution is 7.09. The van der Waals surface area contributed by atoms with E-state index in [0.717, 1.165) is 16.6 Å². The lowest BCUT2D eigenvalue weighted by atomic mass is 10.1. The van der Waals surface area contributed by atoms with Crippen LogP contribution in [0.25, 0.3) is 11.3 Å². The van der Waals surface area contributed by atoms with Gasteiger partial charge < -0.3 is 14.6 Å². The third-order valence-corrected chi connectivity index (χ3v) is 5.68. The number of ether oxygens (including phenoxy) is 2.